The molecule has 0 heterocycles. The molecular weight excluding hydrogens is 272 g/mol. The Labute approximate surface area is 120 Å². The topological polar surface area (TPSA) is 49.4 Å². The van der Waals surface area contributed by atoms with Gasteiger partial charge in [0.25, 0.3) is 0 Å². The molecule has 20 heavy (non-hydrogen) atoms. The highest BCUT2D eigenvalue weighted by Gasteiger charge is 2.07. The van der Waals surface area contributed by atoms with Crippen LogP contribution in [0.1, 0.15) is 6.92 Å². The predicted molar refractivity (Wildman–Crippen MR) is 84.0 cm³/mol. The fourth-order valence-corrected chi connectivity index (χ4v) is 2.45. The van der Waals surface area contributed by atoms with E-state index in [0.29, 0.717) is 5.69 Å². The minimum atomic E-state index is -3.22. The van der Waals surface area contributed by atoms with E-state index in [9.17, 15) is 8.42 Å². The van der Waals surface area contributed by atoms with Crippen LogP contribution in [0.4, 0.5) is 17.1 Å². The molecule has 2 aromatic rings. The summed E-state index contributed by atoms with van der Waals surface area (Å²) in [5.41, 5.74) is 2.65. The maximum Gasteiger partial charge on any atom is 0.232 e. The Kier molecular flexibility index (Phi) is 4.29. The molecule has 0 saturated heterocycles. The lowest BCUT2D eigenvalue weighted by atomic mass is 10.2. The number of rotatable bonds is 5. The average Bonchev–Trinajstić information content (AvgIpc) is 2.48. The van der Waals surface area contributed by atoms with Gasteiger partial charge in [-0.2, -0.15) is 0 Å². The molecule has 5 heteroatoms. The number of para-hydroxylation sites is 1. The van der Waals surface area contributed by atoms with Crippen molar-refractivity contribution in [3.63, 3.8) is 0 Å². The summed E-state index contributed by atoms with van der Waals surface area (Å²) in [7, 11) is -1.25. The molecule has 0 aliphatic rings. The molecule has 2 aromatic carbocycles. The zero-order chi connectivity index (χ0) is 14.6. The number of sulfonamides is 1. The second-order valence-corrected chi connectivity index (χ2v) is 6.46. The van der Waals surface area contributed by atoms with Crippen molar-refractivity contribution in [1.82, 2.24) is 0 Å². The standard InChI is InChI=1S/C15H18N2O2S/c1-3-20(18,19)16-13-9-11-15(12-10-13)17(2)14-7-5-4-6-8-14/h4-12,16H,3H2,1-2H3. The van der Waals surface area contributed by atoms with Crippen LogP contribution in [0.2, 0.25) is 0 Å². The fourth-order valence-electron chi connectivity index (χ4n) is 1.81. The Morgan fingerprint density at radius 2 is 1.50 bits per heavy atom. The molecule has 0 amide bonds. The third-order valence-electron chi connectivity index (χ3n) is 3.05. The van der Waals surface area contributed by atoms with Gasteiger partial charge in [0.15, 0.2) is 0 Å². The van der Waals surface area contributed by atoms with Crippen LogP contribution in [0.25, 0.3) is 0 Å². The third kappa shape index (κ3) is 3.51. The van der Waals surface area contributed by atoms with Gasteiger partial charge in [-0.1, -0.05) is 18.2 Å². The second kappa shape index (κ2) is 5.96. The van der Waals surface area contributed by atoms with Gasteiger partial charge < -0.3 is 4.90 Å². The number of benzene rings is 2. The number of nitrogens with zero attached hydrogens (tertiary/aromatic N) is 1. The molecule has 0 atom stereocenters. The SMILES string of the molecule is CCS(=O)(=O)Nc1ccc(N(C)c2ccccc2)cc1. The highest BCUT2D eigenvalue weighted by molar-refractivity contribution is 7.92. The largest absolute Gasteiger partial charge is 0.345 e. The minimum absolute atomic E-state index is 0.0681. The normalized spacial score (nSPS) is 11.1. The second-order valence-electron chi connectivity index (χ2n) is 4.45. The third-order valence-corrected chi connectivity index (χ3v) is 4.36. The highest BCUT2D eigenvalue weighted by atomic mass is 32.2. The lowest BCUT2D eigenvalue weighted by Gasteiger charge is -2.19. The summed E-state index contributed by atoms with van der Waals surface area (Å²) in [6.45, 7) is 1.61. The Balaban J connectivity index is 2.16. The molecule has 0 bridgehead atoms. The van der Waals surface area contributed by atoms with Crippen LogP contribution in [-0.4, -0.2) is 21.2 Å². The molecule has 0 fully saturated rings. The van der Waals surface area contributed by atoms with Gasteiger partial charge in [0.1, 0.15) is 0 Å². The lowest BCUT2D eigenvalue weighted by molar-refractivity contribution is 0.602. The summed E-state index contributed by atoms with van der Waals surface area (Å²) >= 11 is 0. The maximum absolute atomic E-state index is 11.5. The van der Waals surface area contributed by atoms with Crippen molar-refractivity contribution in [1.29, 1.82) is 0 Å². The van der Waals surface area contributed by atoms with E-state index in [1.165, 1.54) is 0 Å². The molecule has 0 aromatic heterocycles. The summed E-state index contributed by atoms with van der Waals surface area (Å²) < 4.78 is 25.5. The molecule has 2 rings (SSSR count). The van der Waals surface area contributed by atoms with E-state index < -0.39 is 10.0 Å². The number of hydrogen-bond donors (Lipinski definition) is 1. The van der Waals surface area contributed by atoms with Crippen LogP contribution in [-0.2, 0) is 10.0 Å². The van der Waals surface area contributed by atoms with E-state index in [4.69, 9.17) is 0 Å². The molecule has 0 saturated carbocycles. The van der Waals surface area contributed by atoms with Crippen molar-refractivity contribution in [2.75, 3.05) is 22.4 Å². The van der Waals surface area contributed by atoms with E-state index in [2.05, 4.69) is 4.72 Å². The molecule has 0 aliphatic carbocycles. The van der Waals surface area contributed by atoms with Gasteiger partial charge in [-0.05, 0) is 43.3 Å². The number of hydrogen-bond acceptors (Lipinski definition) is 3. The van der Waals surface area contributed by atoms with E-state index >= 15 is 0 Å². The quantitative estimate of drug-likeness (QED) is 0.920. The first-order chi connectivity index (χ1) is 9.52. The Bertz CT molecular complexity index is 652. The van der Waals surface area contributed by atoms with Crippen molar-refractivity contribution in [2.24, 2.45) is 0 Å². The fraction of sp³-hybridized carbons (Fsp3) is 0.200. The zero-order valence-electron chi connectivity index (χ0n) is 11.6. The summed E-state index contributed by atoms with van der Waals surface area (Å²) in [4.78, 5) is 2.04. The molecule has 0 aliphatic heterocycles. The van der Waals surface area contributed by atoms with Gasteiger partial charge in [0, 0.05) is 24.1 Å². The van der Waals surface area contributed by atoms with Crippen molar-refractivity contribution in [3.05, 3.63) is 54.6 Å². The van der Waals surface area contributed by atoms with Gasteiger partial charge in [0.05, 0.1) is 5.75 Å². The van der Waals surface area contributed by atoms with Crippen molar-refractivity contribution >= 4 is 27.1 Å². The van der Waals surface area contributed by atoms with Gasteiger partial charge in [-0.3, -0.25) is 4.72 Å². The van der Waals surface area contributed by atoms with Crippen LogP contribution < -0.4 is 9.62 Å². The molecule has 106 valence electrons. The summed E-state index contributed by atoms with van der Waals surface area (Å²) in [5, 5.41) is 0. The van der Waals surface area contributed by atoms with E-state index in [1.807, 2.05) is 54.4 Å². The first-order valence-electron chi connectivity index (χ1n) is 6.41. The molecular formula is C15H18N2O2S. The van der Waals surface area contributed by atoms with Gasteiger partial charge in [0.2, 0.25) is 10.0 Å². The molecule has 0 spiro atoms. The monoisotopic (exact) mass is 290 g/mol. The predicted octanol–water partition coefficient (Wildman–Crippen LogP) is 3.22. The number of nitrogens with one attached hydrogen (secondary N) is 1. The lowest BCUT2D eigenvalue weighted by Crippen LogP contribution is -2.14. The average molecular weight is 290 g/mol. The van der Waals surface area contributed by atoms with Crippen LogP contribution in [0.15, 0.2) is 54.6 Å². The van der Waals surface area contributed by atoms with Crippen molar-refractivity contribution in [3.8, 4) is 0 Å². The van der Waals surface area contributed by atoms with E-state index in [0.717, 1.165) is 11.4 Å². The van der Waals surface area contributed by atoms with E-state index in [1.54, 1.807) is 19.1 Å². The maximum atomic E-state index is 11.5. The Morgan fingerprint density at radius 3 is 2.05 bits per heavy atom. The summed E-state index contributed by atoms with van der Waals surface area (Å²) in [5.74, 6) is 0.0681. The zero-order valence-corrected chi connectivity index (χ0v) is 12.4. The van der Waals surface area contributed by atoms with Gasteiger partial charge in [-0.15, -0.1) is 0 Å². The molecule has 0 unspecified atom stereocenters. The highest BCUT2D eigenvalue weighted by Crippen LogP contribution is 2.24. The summed E-state index contributed by atoms with van der Waals surface area (Å²) in [6.07, 6.45) is 0. The molecule has 1 N–H and O–H groups in total. The Hall–Kier alpha value is -2.01. The van der Waals surface area contributed by atoms with Crippen LogP contribution in [0, 0.1) is 0 Å². The number of anilines is 3. The summed E-state index contributed by atoms with van der Waals surface area (Å²) in [6, 6.07) is 17.3. The minimum Gasteiger partial charge on any atom is -0.345 e. The van der Waals surface area contributed by atoms with Gasteiger partial charge >= 0.3 is 0 Å². The van der Waals surface area contributed by atoms with Crippen LogP contribution in [0.3, 0.4) is 0 Å². The van der Waals surface area contributed by atoms with Gasteiger partial charge in [-0.25, -0.2) is 8.42 Å². The van der Waals surface area contributed by atoms with Crippen molar-refractivity contribution < 1.29 is 8.42 Å². The first kappa shape index (κ1) is 14.4. The Morgan fingerprint density at radius 1 is 0.950 bits per heavy atom. The van der Waals surface area contributed by atoms with Crippen molar-refractivity contribution in [2.45, 2.75) is 6.92 Å². The molecule has 4 nitrogen and oxygen atoms in total. The first-order valence-corrected chi connectivity index (χ1v) is 8.06. The van der Waals surface area contributed by atoms with Crippen LogP contribution >= 0.6 is 0 Å². The van der Waals surface area contributed by atoms with E-state index in [-0.39, 0.29) is 5.75 Å². The molecule has 0 radical (unpaired) electrons. The smallest absolute Gasteiger partial charge is 0.232 e. The van der Waals surface area contributed by atoms with Crippen LogP contribution in [0.5, 0.6) is 0 Å².